The number of fused-ring (bicyclic) bond motifs is 1. The average molecular weight is 270 g/mol. The third-order valence-corrected chi connectivity index (χ3v) is 3.63. The normalized spacial score (nSPS) is 18.9. The van der Waals surface area contributed by atoms with Crippen molar-refractivity contribution in [3.63, 3.8) is 0 Å². The zero-order chi connectivity index (χ0) is 13.5. The van der Waals surface area contributed by atoms with Crippen molar-refractivity contribution < 1.29 is 13.7 Å². The van der Waals surface area contributed by atoms with Gasteiger partial charge < -0.3 is 13.7 Å². The molecule has 0 bridgehead atoms. The van der Waals surface area contributed by atoms with Crippen LogP contribution >= 0.6 is 0 Å². The van der Waals surface area contributed by atoms with E-state index in [1.807, 2.05) is 31.2 Å². The number of hydrogen-bond donors (Lipinski definition) is 0. The number of benzene rings is 1. The maximum absolute atomic E-state index is 5.74. The lowest BCUT2D eigenvalue weighted by Gasteiger charge is -1.98. The summed E-state index contributed by atoms with van der Waals surface area (Å²) in [6.45, 7) is 3.36. The van der Waals surface area contributed by atoms with Gasteiger partial charge in [0.15, 0.2) is 5.82 Å². The van der Waals surface area contributed by atoms with Gasteiger partial charge >= 0.3 is 0 Å². The molecule has 0 amide bonds. The smallest absolute Gasteiger partial charge is 0.261 e. The standard InChI is InChI=1S/C15H14N2O3/c1-9-7-10-3-2-4-12(13(10)19-9)15-16-14(17-20-15)11-5-6-18-8-11/h2-4,7,11H,5-6,8H2,1H3. The van der Waals surface area contributed by atoms with Crippen LogP contribution in [0.15, 0.2) is 33.2 Å². The van der Waals surface area contributed by atoms with Crippen LogP contribution in [-0.4, -0.2) is 23.4 Å². The summed E-state index contributed by atoms with van der Waals surface area (Å²) in [4.78, 5) is 4.50. The minimum absolute atomic E-state index is 0.241. The Morgan fingerprint density at radius 3 is 3.10 bits per heavy atom. The maximum Gasteiger partial charge on any atom is 0.261 e. The SMILES string of the molecule is Cc1cc2cccc(-c3nc(C4CCOC4)no3)c2o1. The van der Waals surface area contributed by atoms with Gasteiger partial charge in [-0.3, -0.25) is 0 Å². The molecule has 1 unspecified atom stereocenters. The molecule has 1 fully saturated rings. The molecule has 1 atom stereocenters. The molecule has 20 heavy (non-hydrogen) atoms. The third-order valence-electron chi connectivity index (χ3n) is 3.63. The molecule has 4 rings (SSSR count). The second-order valence-electron chi connectivity index (χ2n) is 5.10. The molecule has 1 saturated heterocycles. The minimum Gasteiger partial charge on any atom is -0.461 e. The Morgan fingerprint density at radius 2 is 2.25 bits per heavy atom. The second-order valence-corrected chi connectivity index (χ2v) is 5.10. The Morgan fingerprint density at radius 1 is 1.30 bits per heavy atom. The molecule has 2 aromatic heterocycles. The molecule has 3 aromatic rings. The van der Waals surface area contributed by atoms with Crippen molar-refractivity contribution in [2.75, 3.05) is 13.2 Å². The number of hydrogen-bond acceptors (Lipinski definition) is 5. The highest BCUT2D eigenvalue weighted by molar-refractivity contribution is 5.90. The monoisotopic (exact) mass is 270 g/mol. The number of nitrogens with zero attached hydrogens (tertiary/aromatic N) is 2. The van der Waals surface area contributed by atoms with Crippen LogP contribution in [0.3, 0.4) is 0 Å². The van der Waals surface area contributed by atoms with E-state index in [1.54, 1.807) is 0 Å². The fourth-order valence-corrected chi connectivity index (χ4v) is 2.61. The zero-order valence-corrected chi connectivity index (χ0v) is 11.1. The first kappa shape index (κ1) is 11.7. The van der Waals surface area contributed by atoms with E-state index in [-0.39, 0.29) is 5.92 Å². The summed E-state index contributed by atoms with van der Waals surface area (Å²) >= 11 is 0. The molecule has 0 saturated carbocycles. The van der Waals surface area contributed by atoms with E-state index in [4.69, 9.17) is 13.7 Å². The summed E-state index contributed by atoms with van der Waals surface area (Å²) in [6, 6.07) is 7.92. The molecule has 1 aliphatic rings. The summed E-state index contributed by atoms with van der Waals surface area (Å²) < 4.78 is 16.5. The van der Waals surface area contributed by atoms with Crippen molar-refractivity contribution in [1.82, 2.24) is 10.1 Å². The van der Waals surface area contributed by atoms with Gasteiger partial charge in [-0.1, -0.05) is 17.3 Å². The van der Waals surface area contributed by atoms with Crippen molar-refractivity contribution in [2.24, 2.45) is 0 Å². The lowest BCUT2D eigenvalue weighted by atomic mass is 10.1. The lowest BCUT2D eigenvalue weighted by molar-refractivity contribution is 0.192. The van der Waals surface area contributed by atoms with Gasteiger partial charge in [0.25, 0.3) is 5.89 Å². The Hall–Kier alpha value is -2.14. The van der Waals surface area contributed by atoms with Crippen LogP contribution in [0.2, 0.25) is 0 Å². The van der Waals surface area contributed by atoms with Crippen LogP contribution in [0.25, 0.3) is 22.4 Å². The summed E-state index contributed by atoms with van der Waals surface area (Å²) in [5, 5.41) is 5.13. The molecule has 0 spiro atoms. The molecule has 3 heterocycles. The predicted octanol–water partition coefficient (Wildman–Crippen LogP) is 3.30. The summed E-state index contributed by atoms with van der Waals surface area (Å²) in [5.41, 5.74) is 1.64. The first-order valence-corrected chi connectivity index (χ1v) is 6.72. The molecule has 0 radical (unpaired) electrons. The Bertz CT molecular complexity index is 753. The van der Waals surface area contributed by atoms with Gasteiger partial charge in [-0.15, -0.1) is 0 Å². The van der Waals surface area contributed by atoms with Crippen molar-refractivity contribution >= 4 is 11.0 Å². The Balaban J connectivity index is 1.79. The largest absolute Gasteiger partial charge is 0.461 e. The van der Waals surface area contributed by atoms with Crippen LogP contribution in [-0.2, 0) is 4.74 Å². The van der Waals surface area contributed by atoms with E-state index in [9.17, 15) is 0 Å². The first-order valence-electron chi connectivity index (χ1n) is 6.72. The molecular formula is C15H14N2O3. The second kappa shape index (κ2) is 4.45. The molecular weight excluding hydrogens is 256 g/mol. The quantitative estimate of drug-likeness (QED) is 0.715. The van der Waals surface area contributed by atoms with Crippen LogP contribution < -0.4 is 0 Å². The van der Waals surface area contributed by atoms with Crippen LogP contribution in [0.5, 0.6) is 0 Å². The molecule has 0 aliphatic carbocycles. The Kier molecular flexibility index (Phi) is 2.60. The van der Waals surface area contributed by atoms with Gasteiger partial charge in [0.2, 0.25) is 0 Å². The van der Waals surface area contributed by atoms with Gasteiger partial charge in [-0.05, 0) is 25.5 Å². The van der Waals surface area contributed by atoms with E-state index in [0.29, 0.717) is 12.5 Å². The summed E-state index contributed by atoms with van der Waals surface area (Å²) in [5.74, 6) is 2.34. The van der Waals surface area contributed by atoms with E-state index in [1.165, 1.54) is 0 Å². The van der Waals surface area contributed by atoms with E-state index in [0.717, 1.165) is 41.1 Å². The highest BCUT2D eigenvalue weighted by Crippen LogP contribution is 2.31. The topological polar surface area (TPSA) is 61.3 Å². The van der Waals surface area contributed by atoms with E-state index < -0.39 is 0 Å². The number of aromatic nitrogens is 2. The zero-order valence-electron chi connectivity index (χ0n) is 11.1. The predicted molar refractivity (Wildman–Crippen MR) is 72.4 cm³/mol. The summed E-state index contributed by atoms with van der Waals surface area (Å²) in [7, 11) is 0. The Labute approximate surface area is 115 Å². The van der Waals surface area contributed by atoms with Crippen molar-refractivity contribution in [2.45, 2.75) is 19.3 Å². The average Bonchev–Trinajstić information content (AvgIpc) is 3.17. The van der Waals surface area contributed by atoms with Crippen LogP contribution in [0.4, 0.5) is 0 Å². The van der Waals surface area contributed by atoms with Gasteiger partial charge in [-0.2, -0.15) is 4.98 Å². The van der Waals surface area contributed by atoms with Crippen molar-refractivity contribution in [1.29, 1.82) is 0 Å². The van der Waals surface area contributed by atoms with Crippen LogP contribution in [0.1, 0.15) is 23.9 Å². The fourth-order valence-electron chi connectivity index (χ4n) is 2.61. The number of aryl methyl sites for hydroxylation is 1. The highest BCUT2D eigenvalue weighted by Gasteiger charge is 2.24. The summed E-state index contributed by atoms with van der Waals surface area (Å²) in [6.07, 6.45) is 0.947. The van der Waals surface area contributed by atoms with Crippen molar-refractivity contribution in [3.8, 4) is 11.5 Å². The molecule has 0 N–H and O–H groups in total. The van der Waals surface area contributed by atoms with E-state index in [2.05, 4.69) is 10.1 Å². The maximum atomic E-state index is 5.74. The molecule has 1 aliphatic heterocycles. The highest BCUT2D eigenvalue weighted by atomic mass is 16.5. The number of rotatable bonds is 2. The lowest BCUT2D eigenvalue weighted by Crippen LogP contribution is -1.99. The van der Waals surface area contributed by atoms with Gasteiger partial charge in [0, 0.05) is 17.9 Å². The number of para-hydroxylation sites is 1. The number of furan rings is 1. The van der Waals surface area contributed by atoms with Crippen LogP contribution in [0, 0.1) is 6.92 Å². The third kappa shape index (κ3) is 1.82. The fraction of sp³-hybridized carbons (Fsp3) is 0.333. The number of ether oxygens (including phenoxy) is 1. The van der Waals surface area contributed by atoms with Gasteiger partial charge in [0.1, 0.15) is 11.3 Å². The van der Waals surface area contributed by atoms with E-state index >= 15 is 0 Å². The molecule has 102 valence electrons. The first-order chi connectivity index (χ1) is 9.81. The molecule has 5 heteroatoms. The minimum atomic E-state index is 0.241. The molecule has 1 aromatic carbocycles. The van der Waals surface area contributed by atoms with Gasteiger partial charge in [0.05, 0.1) is 12.2 Å². The van der Waals surface area contributed by atoms with Gasteiger partial charge in [-0.25, -0.2) is 0 Å². The molecule has 5 nitrogen and oxygen atoms in total. The van der Waals surface area contributed by atoms with Crippen molar-refractivity contribution in [3.05, 3.63) is 35.9 Å².